The highest BCUT2D eigenvalue weighted by Gasteiger charge is 2.43. The molecule has 0 radical (unpaired) electrons. The quantitative estimate of drug-likeness (QED) is 0.644. The van der Waals surface area contributed by atoms with Crippen LogP contribution in [0.5, 0.6) is 0 Å². The molecule has 0 N–H and O–H groups in total. The Kier molecular flexibility index (Phi) is 5.83. The third-order valence-electron chi connectivity index (χ3n) is 4.93. The molecule has 4 rings (SSSR count). The Hall–Kier alpha value is -1.35. The van der Waals surface area contributed by atoms with Gasteiger partial charge < -0.3 is 0 Å². The maximum absolute atomic E-state index is 13.3. The Morgan fingerprint density at radius 2 is 1.75 bits per heavy atom. The van der Waals surface area contributed by atoms with E-state index in [1.165, 1.54) is 23.9 Å². The number of thioether (sulfide) groups is 1. The first kappa shape index (κ1) is 19.9. The molecule has 2 aromatic rings. The van der Waals surface area contributed by atoms with E-state index in [2.05, 4.69) is 4.40 Å². The molecule has 5 nitrogen and oxygen atoms in total. The summed E-state index contributed by atoms with van der Waals surface area (Å²) in [4.78, 5) is 14.9. The van der Waals surface area contributed by atoms with Crippen molar-refractivity contribution >= 4 is 55.8 Å². The van der Waals surface area contributed by atoms with Crippen LogP contribution >= 0.6 is 34.7 Å². The number of sulfonamides is 1. The van der Waals surface area contributed by atoms with Crippen molar-refractivity contribution in [3.63, 3.8) is 0 Å². The average Bonchev–Trinajstić information content (AvgIpc) is 3.27. The monoisotopic (exact) mass is 454 g/mol. The molecule has 1 saturated heterocycles. The summed E-state index contributed by atoms with van der Waals surface area (Å²) in [6.07, 6.45) is 4.97. The minimum absolute atomic E-state index is 0.00309. The van der Waals surface area contributed by atoms with E-state index in [4.69, 9.17) is 11.6 Å². The first-order valence-corrected chi connectivity index (χ1v) is 12.6. The molecule has 9 heteroatoms. The molecule has 0 bridgehead atoms. The Balaban J connectivity index is 1.73. The van der Waals surface area contributed by atoms with E-state index in [9.17, 15) is 13.2 Å². The van der Waals surface area contributed by atoms with Crippen molar-refractivity contribution in [1.29, 1.82) is 0 Å². The fourth-order valence-corrected chi connectivity index (χ4v) is 7.47. The molecule has 28 heavy (non-hydrogen) atoms. The van der Waals surface area contributed by atoms with E-state index < -0.39 is 15.3 Å². The van der Waals surface area contributed by atoms with Crippen LogP contribution in [0.25, 0.3) is 0 Å². The number of carbonyl (C=O) groups excluding carboxylic acids is 1. The zero-order valence-electron chi connectivity index (χ0n) is 15.0. The standard InChI is InChI=1S/C19H19ClN2O3S3/c20-15-11-12-16(26-15)28(24,25)21-19-22(14-9-5-2-6-10-14)18(23)17(27-19)13-7-3-1-4-8-13/h1,3-4,7-8,11-12,14,17H,2,5-6,9-10H2. The first-order chi connectivity index (χ1) is 13.5. The van der Waals surface area contributed by atoms with Crippen LogP contribution in [-0.4, -0.2) is 30.4 Å². The second kappa shape index (κ2) is 8.18. The molecule has 1 aromatic heterocycles. The summed E-state index contributed by atoms with van der Waals surface area (Å²) in [6, 6.07) is 12.4. The van der Waals surface area contributed by atoms with E-state index >= 15 is 0 Å². The van der Waals surface area contributed by atoms with E-state index in [1.807, 2.05) is 30.3 Å². The van der Waals surface area contributed by atoms with Gasteiger partial charge in [-0.25, -0.2) is 0 Å². The Labute approximate surface area is 177 Å². The molecule has 1 saturated carbocycles. The van der Waals surface area contributed by atoms with Crippen LogP contribution in [0.4, 0.5) is 0 Å². The molecular weight excluding hydrogens is 436 g/mol. The summed E-state index contributed by atoms with van der Waals surface area (Å²) in [7, 11) is -3.92. The van der Waals surface area contributed by atoms with Crippen molar-refractivity contribution in [2.45, 2.75) is 47.6 Å². The average molecular weight is 455 g/mol. The maximum Gasteiger partial charge on any atom is 0.294 e. The highest BCUT2D eigenvalue weighted by Crippen LogP contribution is 2.43. The van der Waals surface area contributed by atoms with Gasteiger partial charge in [-0.05, 0) is 30.5 Å². The summed E-state index contributed by atoms with van der Waals surface area (Å²) in [5.74, 6) is -0.0822. The van der Waals surface area contributed by atoms with Crippen molar-refractivity contribution in [2.75, 3.05) is 0 Å². The summed E-state index contributed by atoms with van der Waals surface area (Å²) < 4.78 is 30.1. The Morgan fingerprint density at radius 3 is 2.39 bits per heavy atom. The summed E-state index contributed by atoms with van der Waals surface area (Å²) >= 11 is 8.09. The summed E-state index contributed by atoms with van der Waals surface area (Å²) in [6.45, 7) is 0. The van der Waals surface area contributed by atoms with E-state index in [1.54, 1.807) is 4.90 Å². The molecule has 1 aliphatic heterocycles. The topological polar surface area (TPSA) is 66.8 Å². The summed E-state index contributed by atoms with van der Waals surface area (Å²) in [5.41, 5.74) is 0.861. The number of thiophene rings is 1. The lowest BCUT2D eigenvalue weighted by Gasteiger charge is -2.30. The highest BCUT2D eigenvalue weighted by atomic mass is 35.5. The number of rotatable bonds is 4. The van der Waals surface area contributed by atoms with E-state index in [-0.39, 0.29) is 21.3 Å². The number of amides is 1. The van der Waals surface area contributed by atoms with Gasteiger partial charge in [-0.3, -0.25) is 9.69 Å². The van der Waals surface area contributed by atoms with Crippen molar-refractivity contribution in [3.8, 4) is 0 Å². The summed E-state index contributed by atoms with van der Waals surface area (Å²) in [5, 5.41) is -0.195. The van der Waals surface area contributed by atoms with Crippen LogP contribution in [0.2, 0.25) is 4.34 Å². The Bertz CT molecular complexity index is 998. The number of nitrogens with zero attached hydrogens (tertiary/aromatic N) is 2. The second-order valence-electron chi connectivity index (χ2n) is 6.82. The number of amidine groups is 1. The molecule has 1 aliphatic carbocycles. The van der Waals surface area contributed by atoms with Gasteiger partial charge in [0.1, 0.15) is 9.46 Å². The molecule has 2 aliphatic rings. The van der Waals surface area contributed by atoms with Gasteiger partial charge in [0.15, 0.2) is 5.17 Å². The number of benzene rings is 1. The molecule has 1 aromatic carbocycles. The van der Waals surface area contributed by atoms with E-state index in [0.29, 0.717) is 4.34 Å². The van der Waals surface area contributed by atoms with Gasteiger partial charge in [0.25, 0.3) is 10.0 Å². The van der Waals surface area contributed by atoms with Gasteiger partial charge in [0, 0.05) is 6.04 Å². The predicted molar refractivity (Wildman–Crippen MR) is 114 cm³/mol. The molecule has 148 valence electrons. The molecule has 1 atom stereocenters. The van der Waals surface area contributed by atoms with Crippen molar-refractivity contribution in [2.24, 2.45) is 4.40 Å². The van der Waals surface area contributed by atoms with Crippen LogP contribution in [0.1, 0.15) is 42.9 Å². The maximum atomic E-state index is 13.3. The zero-order chi connectivity index (χ0) is 19.7. The third-order valence-corrected chi connectivity index (χ3v) is 9.22. The number of hydrogen-bond donors (Lipinski definition) is 0. The molecule has 2 fully saturated rings. The van der Waals surface area contributed by atoms with Crippen LogP contribution in [0.15, 0.2) is 51.1 Å². The van der Waals surface area contributed by atoms with Gasteiger partial charge in [-0.1, -0.05) is 73.0 Å². The minimum atomic E-state index is -3.92. The fraction of sp³-hybridized carbons (Fsp3) is 0.368. The predicted octanol–water partition coefficient (Wildman–Crippen LogP) is 5.10. The number of hydrogen-bond acceptors (Lipinski definition) is 5. The molecule has 1 amide bonds. The van der Waals surface area contributed by atoms with Gasteiger partial charge in [-0.2, -0.15) is 8.42 Å². The van der Waals surface area contributed by atoms with Gasteiger partial charge >= 0.3 is 0 Å². The van der Waals surface area contributed by atoms with Gasteiger partial charge in [-0.15, -0.1) is 15.7 Å². The molecular formula is C19H19ClN2O3S3. The second-order valence-corrected chi connectivity index (χ2v) is 11.4. The minimum Gasteiger partial charge on any atom is -0.286 e. The van der Waals surface area contributed by atoms with Gasteiger partial charge in [0.2, 0.25) is 5.91 Å². The van der Waals surface area contributed by atoms with Gasteiger partial charge in [0.05, 0.1) is 4.34 Å². The molecule has 1 unspecified atom stereocenters. The largest absolute Gasteiger partial charge is 0.294 e. The van der Waals surface area contributed by atoms with Crippen molar-refractivity contribution < 1.29 is 13.2 Å². The van der Waals surface area contributed by atoms with E-state index in [0.717, 1.165) is 49.0 Å². The first-order valence-electron chi connectivity index (χ1n) is 9.11. The normalized spacial score (nSPS) is 22.9. The van der Waals surface area contributed by atoms with Crippen molar-refractivity contribution in [3.05, 3.63) is 52.4 Å². The fourth-order valence-electron chi connectivity index (χ4n) is 3.60. The Morgan fingerprint density at radius 1 is 1.04 bits per heavy atom. The SMILES string of the molecule is O=C1C(c2ccccc2)SC(=NS(=O)(=O)c2ccc(Cl)s2)N1C1CCCCC1. The smallest absolute Gasteiger partial charge is 0.286 e. The highest BCUT2D eigenvalue weighted by molar-refractivity contribution is 8.15. The zero-order valence-corrected chi connectivity index (χ0v) is 18.2. The lowest BCUT2D eigenvalue weighted by Crippen LogP contribution is -2.41. The van der Waals surface area contributed by atoms with Crippen molar-refractivity contribution in [1.82, 2.24) is 4.90 Å². The van der Waals surface area contributed by atoms with Crippen LogP contribution in [0, 0.1) is 0 Å². The number of carbonyl (C=O) groups is 1. The van der Waals surface area contributed by atoms with Crippen LogP contribution < -0.4 is 0 Å². The van der Waals surface area contributed by atoms with Crippen LogP contribution in [0.3, 0.4) is 0 Å². The lowest BCUT2D eigenvalue weighted by atomic mass is 9.94. The third kappa shape index (κ3) is 4.01. The molecule has 0 spiro atoms. The number of halogens is 1. The molecule has 2 heterocycles. The lowest BCUT2D eigenvalue weighted by molar-refractivity contribution is -0.128. The van der Waals surface area contributed by atoms with Crippen LogP contribution in [-0.2, 0) is 14.8 Å².